The molecular formula is C45H62N6O9S. The fraction of sp³-hybridized carbons (Fsp3) is 0.578. The van der Waals surface area contributed by atoms with Crippen LogP contribution in [0.25, 0.3) is 33.4 Å². The molecule has 5 heterocycles. The molecule has 3 atom stereocenters. The highest BCUT2D eigenvalue weighted by Gasteiger charge is 2.35. The number of thiazole rings is 1. The Morgan fingerprint density at radius 2 is 1.87 bits per heavy atom. The Kier molecular flexibility index (Phi) is 15.2. The highest BCUT2D eigenvalue weighted by atomic mass is 32.1. The van der Waals surface area contributed by atoms with E-state index in [0.29, 0.717) is 62.9 Å². The monoisotopic (exact) mass is 862 g/mol. The van der Waals surface area contributed by atoms with E-state index in [-0.39, 0.29) is 25.2 Å². The molecule has 0 spiro atoms. The van der Waals surface area contributed by atoms with Gasteiger partial charge in [-0.25, -0.2) is 15.2 Å². The van der Waals surface area contributed by atoms with Crippen molar-refractivity contribution >= 4 is 40.2 Å². The molecule has 4 aromatic rings. The number of aliphatic hydroxyl groups is 1. The number of nitrogens with zero attached hydrogens (tertiary/aromatic N) is 4. The fourth-order valence-electron chi connectivity index (χ4n) is 7.85. The summed E-state index contributed by atoms with van der Waals surface area (Å²) in [5.74, 6) is -0.879. The van der Waals surface area contributed by atoms with Gasteiger partial charge in [-0.3, -0.25) is 19.6 Å². The minimum absolute atomic E-state index is 0.0109. The number of fused-ring (bicyclic) bond motifs is 1. The topological polar surface area (TPSA) is 176 Å². The lowest BCUT2D eigenvalue weighted by atomic mass is 9.84. The summed E-state index contributed by atoms with van der Waals surface area (Å²) >= 11 is 1.39. The minimum atomic E-state index is -1.03. The molecule has 0 aliphatic carbocycles. The average molecular weight is 863 g/mol. The first-order valence-electron chi connectivity index (χ1n) is 21.1. The molecule has 3 N–H and O–H groups in total. The van der Waals surface area contributed by atoms with E-state index in [0.717, 1.165) is 51.8 Å². The molecule has 16 heteroatoms. The quantitative estimate of drug-likeness (QED) is 0.106. The standard InChI is InChI=1S/C45H62N6O9S/c1-28(56-7)39-31(11-9-17-46-39)40-33(25-45(5,6)27-52)32-23-29(13-14-37(32)50(40)19-22-59-30-15-20-58-21-16-30)36-26-61-38(47-36)24-35(48-43(55)60-44(2,3)4)41(53)51-18-10-12-34(49-51)42(54)57-8/h9,11,13-14,17,23,26,28,30,34-35,49,52H,10,12,15-16,18-22,24-25,27H2,1-8H3,(H,48,55)/t28?,34-,35?/m0/s1. The van der Waals surface area contributed by atoms with Crippen LogP contribution in [-0.2, 0) is 52.7 Å². The van der Waals surface area contributed by atoms with Crippen LogP contribution < -0.4 is 10.7 Å². The van der Waals surface area contributed by atoms with Crippen molar-refractivity contribution in [1.82, 2.24) is 30.3 Å². The van der Waals surface area contributed by atoms with Gasteiger partial charge < -0.3 is 38.7 Å². The Balaban J connectivity index is 1.38. The predicted molar refractivity (Wildman–Crippen MR) is 233 cm³/mol. The highest BCUT2D eigenvalue weighted by Crippen LogP contribution is 2.42. The van der Waals surface area contributed by atoms with Gasteiger partial charge in [0, 0.05) is 80.0 Å². The molecule has 2 aliphatic rings. The summed E-state index contributed by atoms with van der Waals surface area (Å²) in [6.07, 6.45) is 4.42. The third-order valence-electron chi connectivity index (χ3n) is 11.1. The van der Waals surface area contributed by atoms with E-state index in [4.69, 9.17) is 33.7 Å². The average Bonchev–Trinajstić information content (AvgIpc) is 3.84. The Hall–Kier alpha value is -4.45. The summed E-state index contributed by atoms with van der Waals surface area (Å²) in [5, 5.41) is 18.3. The summed E-state index contributed by atoms with van der Waals surface area (Å²) in [7, 11) is 2.99. The third kappa shape index (κ3) is 11.5. The van der Waals surface area contributed by atoms with E-state index in [1.807, 2.05) is 18.4 Å². The molecule has 2 amide bonds. The van der Waals surface area contributed by atoms with E-state index >= 15 is 0 Å². The number of esters is 1. The van der Waals surface area contributed by atoms with Crippen molar-refractivity contribution in [3.63, 3.8) is 0 Å². The second-order valence-electron chi connectivity index (χ2n) is 17.6. The first-order chi connectivity index (χ1) is 29.1. The van der Waals surface area contributed by atoms with Gasteiger partial charge in [0.2, 0.25) is 0 Å². The second-order valence-corrected chi connectivity index (χ2v) is 18.5. The fourth-order valence-corrected chi connectivity index (χ4v) is 8.70. The first-order valence-corrected chi connectivity index (χ1v) is 22.0. The number of aliphatic hydroxyl groups excluding tert-OH is 1. The van der Waals surface area contributed by atoms with Crippen molar-refractivity contribution < 1.29 is 43.2 Å². The van der Waals surface area contributed by atoms with Gasteiger partial charge in [0.25, 0.3) is 5.91 Å². The Bertz CT molecular complexity index is 2140. The van der Waals surface area contributed by atoms with Crippen molar-refractivity contribution in [3.05, 3.63) is 58.2 Å². The van der Waals surface area contributed by atoms with Gasteiger partial charge >= 0.3 is 12.1 Å². The minimum Gasteiger partial charge on any atom is -0.468 e. The molecule has 0 saturated carbocycles. The lowest BCUT2D eigenvalue weighted by Gasteiger charge is -2.34. The van der Waals surface area contributed by atoms with Crippen LogP contribution >= 0.6 is 11.3 Å². The van der Waals surface area contributed by atoms with Gasteiger partial charge in [-0.1, -0.05) is 19.9 Å². The number of nitrogens with one attached hydrogen (secondary N) is 2. The summed E-state index contributed by atoms with van der Waals surface area (Å²) in [6.45, 7) is 14.2. The number of carbonyl (C=O) groups excluding carboxylic acids is 3. The first kappa shape index (κ1) is 46.1. The van der Waals surface area contributed by atoms with Gasteiger partial charge in [0.1, 0.15) is 17.7 Å². The summed E-state index contributed by atoms with van der Waals surface area (Å²) in [4.78, 5) is 49.3. The van der Waals surface area contributed by atoms with Crippen LogP contribution in [0.3, 0.4) is 0 Å². The van der Waals surface area contributed by atoms with Crippen LogP contribution in [0.5, 0.6) is 0 Å². The van der Waals surface area contributed by atoms with Gasteiger partial charge in [0.15, 0.2) is 0 Å². The van der Waals surface area contributed by atoms with Crippen LogP contribution in [0.2, 0.25) is 0 Å². The number of pyridine rings is 1. The summed E-state index contributed by atoms with van der Waals surface area (Å²) in [6, 6.07) is 8.64. The van der Waals surface area contributed by atoms with Crippen LogP contribution in [0.1, 0.15) is 89.6 Å². The Morgan fingerprint density at radius 3 is 2.57 bits per heavy atom. The molecule has 0 radical (unpaired) electrons. The number of alkyl carbamates (subject to hydrolysis) is 1. The lowest BCUT2D eigenvalue weighted by Crippen LogP contribution is -2.60. The molecule has 15 nitrogen and oxygen atoms in total. The highest BCUT2D eigenvalue weighted by molar-refractivity contribution is 7.10. The third-order valence-corrected chi connectivity index (χ3v) is 11.9. The maximum atomic E-state index is 14.0. The summed E-state index contributed by atoms with van der Waals surface area (Å²) < 4.78 is 30.6. The largest absolute Gasteiger partial charge is 0.468 e. The summed E-state index contributed by atoms with van der Waals surface area (Å²) in [5.41, 5.74) is 8.20. The van der Waals surface area contributed by atoms with Crippen LogP contribution in [0, 0.1) is 5.41 Å². The molecule has 2 aliphatic heterocycles. The number of carbonyl (C=O) groups is 3. The van der Waals surface area contributed by atoms with Gasteiger partial charge in [-0.05, 0) is 95.0 Å². The van der Waals surface area contributed by atoms with E-state index in [1.165, 1.54) is 23.5 Å². The molecule has 3 aromatic heterocycles. The van der Waals surface area contributed by atoms with Crippen molar-refractivity contribution in [1.29, 1.82) is 0 Å². The van der Waals surface area contributed by atoms with Crippen LogP contribution in [0.4, 0.5) is 4.79 Å². The number of benzene rings is 1. The van der Waals surface area contributed by atoms with Crippen LogP contribution in [-0.4, -0.2) is 114 Å². The number of methoxy groups -OCH3 is 2. The maximum absolute atomic E-state index is 14.0. The number of hydrogen-bond acceptors (Lipinski definition) is 13. The Labute approximate surface area is 362 Å². The number of hydrazine groups is 1. The lowest BCUT2D eigenvalue weighted by molar-refractivity contribution is -0.150. The maximum Gasteiger partial charge on any atom is 0.408 e. The molecule has 1 aromatic carbocycles. The SMILES string of the molecule is COC(=O)[C@@H]1CCCN(C(=O)C(Cc2nc(-c3ccc4c(c3)c(CC(C)(C)CO)c(-c3cccnc3C(C)OC)n4CCOC3CCOCC3)cs2)NC(=O)OC(C)(C)C)N1. The van der Waals surface area contributed by atoms with E-state index < -0.39 is 41.1 Å². The van der Waals surface area contributed by atoms with E-state index in [1.54, 1.807) is 34.1 Å². The number of ether oxygens (including phenoxy) is 5. The van der Waals surface area contributed by atoms with Gasteiger partial charge in [-0.2, -0.15) is 0 Å². The number of aromatic nitrogens is 3. The normalized spacial score (nSPS) is 17.6. The van der Waals surface area contributed by atoms with Crippen molar-refractivity contribution in [2.24, 2.45) is 5.41 Å². The van der Waals surface area contributed by atoms with Crippen molar-refractivity contribution in [2.45, 2.75) is 117 Å². The molecule has 61 heavy (non-hydrogen) atoms. The smallest absolute Gasteiger partial charge is 0.408 e. The molecular weight excluding hydrogens is 801 g/mol. The Morgan fingerprint density at radius 1 is 1.10 bits per heavy atom. The zero-order chi connectivity index (χ0) is 43.9. The molecule has 6 rings (SSSR count). The molecule has 2 fully saturated rings. The number of amides is 2. The van der Waals surface area contributed by atoms with Crippen molar-refractivity contribution in [3.8, 4) is 22.5 Å². The predicted octanol–water partition coefficient (Wildman–Crippen LogP) is 6.40. The zero-order valence-electron chi connectivity index (χ0n) is 36.7. The molecule has 0 bridgehead atoms. The zero-order valence-corrected chi connectivity index (χ0v) is 37.6. The van der Waals surface area contributed by atoms with Crippen molar-refractivity contribution in [2.75, 3.05) is 47.2 Å². The van der Waals surface area contributed by atoms with Gasteiger partial charge in [-0.15, -0.1) is 11.3 Å². The second kappa shape index (κ2) is 20.2. The number of hydrogen-bond donors (Lipinski definition) is 3. The molecule has 2 saturated heterocycles. The van der Waals surface area contributed by atoms with E-state index in [2.05, 4.69) is 53.4 Å². The van der Waals surface area contributed by atoms with E-state index in [9.17, 15) is 19.5 Å². The molecule has 332 valence electrons. The molecule has 2 unspecified atom stereocenters. The number of rotatable bonds is 16. The van der Waals surface area contributed by atoms with Gasteiger partial charge in [0.05, 0.1) is 48.0 Å². The van der Waals surface area contributed by atoms with Crippen LogP contribution in [0.15, 0.2) is 41.9 Å².